The Balaban J connectivity index is 2.56. The summed E-state index contributed by atoms with van der Waals surface area (Å²) < 4.78 is 0. The second-order valence-electron chi connectivity index (χ2n) is 4.75. The lowest BCUT2D eigenvalue weighted by Crippen LogP contribution is -2.09. The predicted octanol–water partition coefficient (Wildman–Crippen LogP) is 3.55. The molecule has 0 fully saturated rings. The number of nitrogens with zero attached hydrogens (tertiary/aromatic N) is 2. The van der Waals surface area contributed by atoms with E-state index >= 15 is 0 Å². The van der Waals surface area contributed by atoms with Crippen molar-refractivity contribution in [3.05, 3.63) is 22.8 Å². The number of rotatable bonds is 1. The van der Waals surface area contributed by atoms with Crippen molar-refractivity contribution in [1.29, 1.82) is 0 Å². The SMILES string of the molecule is CCc1ccc2nc(C(C)(C)C)sc2n1. The van der Waals surface area contributed by atoms with Crippen LogP contribution in [0, 0.1) is 0 Å². The molecule has 0 radical (unpaired) electrons. The maximum Gasteiger partial charge on any atom is 0.143 e. The molecule has 0 bridgehead atoms. The Labute approximate surface area is 94.4 Å². The van der Waals surface area contributed by atoms with Gasteiger partial charge in [0, 0.05) is 11.1 Å². The molecule has 2 rings (SSSR count). The monoisotopic (exact) mass is 220 g/mol. The molecule has 0 N–H and O–H groups in total. The molecule has 2 aromatic heterocycles. The lowest BCUT2D eigenvalue weighted by atomic mass is 9.98. The van der Waals surface area contributed by atoms with Gasteiger partial charge in [0.05, 0.1) is 0 Å². The molecule has 0 saturated carbocycles. The fourth-order valence-electron chi connectivity index (χ4n) is 1.37. The number of fused-ring (bicyclic) bond motifs is 1. The van der Waals surface area contributed by atoms with Gasteiger partial charge in [-0.1, -0.05) is 39.0 Å². The first kappa shape index (κ1) is 10.6. The van der Waals surface area contributed by atoms with Gasteiger partial charge in [0.15, 0.2) is 0 Å². The highest BCUT2D eigenvalue weighted by Gasteiger charge is 2.19. The average molecular weight is 220 g/mol. The first-order valence-corrected chi connectivity index (χ1v) is 6.09. The van der Waals surface area contributed by atoms with Crippen LogP contribution in [0.4, 0.5) is 0 Å². The van der Waals surface area contributed by atoms with Crippen LogP contribution in [-0.4, -0.2) is 9.97 Å². The summed E-state index contributed by atoms with van der Waals surface area (Å²) in [6, 6.07) is 4.14. The largest absolute Gasteiger partial charge is 0.240 e. The van der Waals surface area contributed by atoms with Gasteiger partial charge in [-0.2, -0.15) is 0 Å². The van der Waals surface area contributed by atoms with E-state index in [4.69, 9.17) is 0 Å². The number of hydrogen-bond donors (Lipinski definition) is 0. The van der Waals surface area contributed by atoms with Crippen LogP contribution in [-0.2, 0) is 11.8 Å². The molecule has 2 nitrogen and oxygen atoms in total. The van der Waals surface area contributed by atoms with E-state index in [1.165, 1.54) is 5.01 Å². The maximum absolute atomic E-state index is 4.62. The minimum atomic E-state index is 0.123. The van der Waals surface area contributed by atoms with Crippen LogP contribution in [0.2, 0.25) is 0 Å². The highest BCUT2D eigenvalue weighted by atomic mass is 32.1. The van der Waals surface area contributed by atoms with Gasteiger partial charge in [-0.3, -0.25) is 0 Å². The van der Waals surface area contributed by atoms with Crippen molar-refractivity contribution in [3.8, 4) is 0 Å². The van der Waals surface area contributed by atoms with Crippen LogP contribution in [0.25, 0.3) is 10.3 Å². The van der Waals surface area contributed by atoms with Gasteiger partial charge in [0.25, 0.3) is 0 Å². The van der Waals surface area contributed by atoms with Crippen molar-refractivity contribution in [2.45, 2.75) is 39.5 Å². The molecular formula is C12H16N2S. The Hall–Kier alpha value is -0.960. The number of aromatic nitrogens is 2. The minimum Gasteiger partial charge on any atom is -0.240 e. The smallest absolute Gasteiger partial charge is 0.143 e. The zero-order valence-corrected chi connectivity index (χ0v) is 10.5. The number of pyridine rings is 1. The first-order chi connectivity index (χ1) is 7.00. The summed E-state index contributed by atoms with van der Waals surface area (Å²) in [5, 5.41) is 1.17. The van der Waals surface area contributed by atoms with Crippen molar-refractivity contribution in [2.75, 3.05) is 0 Å². The van der Waals surface area contributed by atoms with Crippen molar-refractivity contribution < 1.29 is 0 Å². The minimum absolute atomic E-state index is 0.123. The second-order valence-corrected chi connectivity index (χ2v) is 5.73. The van der Waals surface area contributed by atoms with Gasteiger partial charge in [-0.25, -0.2) is 9.97 Å². The number of hydrogen-bond acceptors (Lipinski definition) is 3. The van der Waals surface area contributed by atoms with Gasteiger partial charge in [-0.15, -0.1) is 0 Å². The standard InChI is InChI=1S/C12H16N2S/c1-5-8-6-7-9-10(13-8)15-11(14-9)12(2,3)4/h6-7H,5H2,1-4H3. The Morgan fingerprint density at radius 1 is 1.20 bits per heavy atom. The van der Waals surface area contributed by atoms with E-state index in [9.17, 15) is 0 Å². The zero-order chi connectivity index (χ0) is 11.1. The number of aryl methyl sites for hydroxylation is 1. The molecule has 2 heterocycles. The van der Waals surface area contributed by atoms with E-state index in [-0.39, 0.29) is 5.41 Å². The van der Waals surface area contributed by atoms with Crippen LogP contribution < -0.4 is 0 Å². The van der Waals surface area contributed by atoms with Crippen molar-refractivity contribution >= 4 is 21.7 Å². The topological polar surface area (TPSA) is 25.8 Å². The predicted molar refractivity (Wildman–Crippen MR) is 65.5 cm³/mol. The molecule has 0 aliphatic heterocycles. The first-order valence-electron chi connectivity index (χ1n) is 5.27. The van der Waals surface area contributed by atoms with Crippen molar-refractivity contribution in [2.24, 2.45) is 0 Å². The van der Waals surface area contributed by atoms with Crippen molar-refractivity contribution in [3.63, 3.8) is 0 Å². The van der Waals surface area contributed by atoms with Crippen LogP contribution in [0.5, 0.6) is 0 Å². The Bertz CT molecular complexity index is 480. The summed E-state index contributed by atoms with van der Waals surface area (Å²) in [5.74, 6) is 0. The Kier molecular flexibility index (Phi) is 2.51. The third kappa shape index (κ3) is 2.02. The van der Waals surface area contributed by atoms with E-state index < -0.39 is 0 Å². The van der Waals surface area contributed by atoms with E-state index in [1.54, 1.807) is 11.3 Å². The third-order valence-corrected chi connectivity index (χ3v) is 3.71. The second kappa shape index (κ2) is 3.56. The third-order valence-electron chi connectivity index (χ3n) is 2.32. The van der Waals surface area contributed by atoms with Gasteiger partial charge >= 0.3 is 0 Å². The fraction of sp³-hybridized carbons (Fsp3) is 0.500. The molecule has 3 heteroatoms. The van der Waals surface area contributed by atoms with Gasteiger partial charge < -0.3 is 0 Å². The Morgan fingerprint density at radius 3 is 2.53 bits per heavy atom. The van der Waals surface area contributed by atoms with E-state index in [2.05, 4.69) is 49.8 Å². The summed E-state index contributed by atoms with van der Waals surface area (Å²) in [6.45, 7) is 8.68. The highest BCUT2D eigenvalue weighted by Crippen LogP contribution is 2.30. The average Bonchev–Trinajstić information content (AvgIpc) is 2.59. The van der Waals surface area contributed by atoms with E-state index in [0.29, 0.717) is 0 Å². The van der Waals surface area contributed by atoms with Gasteiger partial charge in [-0.05, 0) is 18.6 Å². The Morgan fingerprint density at radius 2 is 1.93 bits per heavy atom. The summed E-state index contributed by atoms with van der Waals surface area (Å²) in [6.07, 6.45) is 0.985. The summed E-state index contributed by atoms with van der Waals surface area (Å²) in [4.78, 5) is 10.3. The summed E-state index contributed by atoms with van der Waals surface area (Å²) in [7, 11) is 0. The molecule has 0 amide bonds. The number of thiazole rings is 1. The van der Waals surface area contributed by atoms with E-state index in [1.807, 2.05) is 0 Å². The normalized spacial score (nSPS) is 12.3. The van der Waals surface area contributed by atoms with E-state index in [0.717, 1.165) is 22.5 Å². The molecule has 2 aromatic rings. The lowest BCUT2D eigenvalue weighted by molar-refractivity contribution is 0.587. The van der Waals surface area contributed by atoms with Crippen molar-refractivity contribution in [1.82, 2.24) is 9.97 Å². The maximum atomic E-state index is 4.62. The highest BCUT2D eigenvalue weighted by molar-refractivity contribution is 7.18. The van der Waals surface area contributed by atoms with Crippen LogP contribution in [0.15, 0.2) is 12.1 Å². The molecule has 15 heavy (non-hydrogen) atoms. The molecular weight excluding hydrogens is 204 g/mol. The summed E-state index contributed by atoms with van der Waals surface area (Å²) >= 11 is 1.71. The quantitative estimate of drug-likeness (QED) is 0.734. The molecule has 0 spiro atoms. The molecule has 0 atom stereocenters. The molecule has 0 aliphatic carbocycles. The lowest BCUT2D eigenvalue weighted by Gasteiger charge is -2.12. The molecule has 0 aliphatic rings. The van der Waals surface area contributed by atoms with Gasteiger partial charge in [0.2, 0.25) is 0 Å². The molecule has 80 valence electrons. The fourth-order valence-corrected chi connectivity index (χ4v) is 2.39. The van der Waals surface area contributed by atoms with Crippen LogP contribution in [0.1, 0.15) is 38.4 Å². The van der Waals surface area contributed by atoms with Crippen LogP contribution >= 0.6 is 11.3 Å². The summed E-state index contributed by atoms with van der Waals surface area (Å²) in [5.41, 5.74) is 2.30. The zero-order valence-electron chi connectivity index (χ0n) is 9.66. The molecule has 0 aromatic carbocycles. The molecule has 0 saturated heterocycles. The van der Waals surface area contributed by atoms with Gasteiger partial charge in [0.1, 0.15) is 15.4 Å². The molecule has 0 unspecified atom stereocenters. The van der Waals surface area contributed by atoms with Crippen LogP contribution in [0.3, 0.4) is 0 Å².